The molecular formula is C61H80FN9O7. The van der Waals surface area contributed by atoms with Gasteiger partial charge in [-0.05, 0) is 124 Å². The summed E-state index contributed by atoms with van der Waals surface area (Å²) in [4.78, 5) is 105. The number of likely N-dealkylation sites (N-methyl/N-ethyl adjacent to an activating group) is 2. The van der Waals surface area contributed by atoms with Gasteiger partial charge in [0.05, 0.1) is 24.2 Å². The third-order valence-corrected chi connectivity index (χ3v) is 15.8. The second kappa shape index (κ2) is 24.8. The zero-order valence-electron chi connectivity index (χ0n) is 47.2. The number of rotatable bonds is 17. The number of amides is 7. The molecule has 1 saturated heterocycles. The van der Waals surface area contributed by atoms with E-state index in [2.05, 4.69) is 38.0 Å². The van der Waals surface area contributed by atoms with Crippen LogP contribution in [-0.4, -0.2) is 119 Å². The van der Waals surface area contributed by atoms with Crippen LogP contribution in [-0.2, 0) is 48.2 Å². The number of halogens is 1. The molecule has 0 radical (unpaired) electrons. The van der Waals surface area contributed by atoms with E-state index in [4.69, 9.17) is 0 Å². The van der Waals surface area contributed by atoms with Crippen LogP contribution in [0.15, 0.2) is 97.1 Å². The molecule has 78 heavy (non-hydrogen) atoms. The Kier molecular flexibility index (Phi) is 18.6. The van der Waals surface area contributed by atoms with Gasteiger partial charge >= 0.3 is 0 Å². The van der Waals surface area contributed by atoms with Crippen LogP contribution in [0.1, 0.15) is 143 Å². The maximum atomic E-state index is 15.8. The van der Waals surface area contributed by atoms with Gasteiger partial charge in [-0.3, -0.25) is 33.6 Å². The van der Waals surface area contributed by atoms with Gasteiger partial charge in [-0.1, -0.05) is 120 Å². The molecule has 1 aliphatic carbocycles. The van der Waals surface area contributed by atoms with Crippen LogP contribution in [0.3, 0.4) is 0 Å². The van der Waals surface area contributed by atoms with Gasteiger partial charge in [0.1, 0.15) is 30.0 Å². The van der Waals surface area contributed by atoms with Gasteiger partial charge in [0.25, 0.3) is 11.8 Å². The van der Waals surface area contributed by atoms with Crippen LogP contribution in [0, 0.1) is 16.6 Å². The van der Waals surface area contributed by atoms with Crippen molar-refractivity contribution >= 4 is 41.4 Å². The number of aryl methyl sites for hydroxylation is 1. The standard InChI is InChI=1S/C61H80FN9O7/c1-36(63-10)53(72)67-51(60(4,5)6)58(77)69-32-31-41-20-13-15-24-46(41)50(69)57(76)70(38(3)44-22-16-17-25-47(44)62)34-39-27-29-42(30-28-39)55(74)65-43-33-49(56(75)66-48-26-18-21-40-19-12-14-23-45(40)48)71(35-43)59(78)52(61(7,8)9)68-54(73)37(2)64-11/h12-17,19-20,22-25,27-30,36-38,43,48-52,63-64H,18,21,26,31-35H2,1-11H3,(H,65,74)(H,66,75)(H,67,72)(H,68,73)/t36-,37-,38+,43?,48?,49-,50-,51+,52+/m0/s1. The topological polar surface area (TPSA) is 201 Å². The van der Waals surface area contributed by atoms with Crippen molar-refractivity contribution < 1.29 is 38.0 Å². The lowest BCUT2D eigenvalue weighted by atomic mass is 9.83. The monoisotopic (exact) mass is 1070 g/mol. The average Bonchev–Trinajstić information content (AvgIpc) is 4.01. The molecule has 16 nitrogen and oxygen atoms in total. The van der Waals surface area contributed by atoms with Crippen LogP contribution in [0.4, 0.5) is 4.39 Å². The fraction of sp³-hybridized carbons (Fsp3) is 0.492. The molecule has 0 saturated carbocycles. The van der Waals surface area contributed by atoms with E-state index in [1.54, 1.807) is 87.1 Å². The first-order chi connectivity index (χ1) is 36.9. The SMILES string of the molecule is CN[C@@H](C)C(=O)N[C@H](C(=O)N1CCc2ccccc2[C@H]1C(=O)N(Cc1ccc(C(=O)NC2C[C@@H](C(=O)NC3CCCc4ccccc43)N(C(=O)[C@@H](NC(=O)[C@H](C)NC)C(C)(C)C)C2)cc1)[C@H](C)c1ccccc1F)C(C)(C)C. The Labute approximate surface area is 459 Å². The molecule has 3 aliphatic rings. The van der Waals surface area contributed by atoms with Gasteiger partial charge < -0.3 is 46.6 Å². The smallest absolute Gasteiger partial charge is 0.251 e. The highest BCUT2D eigenvalue weighted by Gasteiger charge is 2.47. The molecule has 6 N–H and O–H groups in total. The average molecular weight is 1070 g/mol. The first-order valence-corrected chi connectivity index (χ1v) is 27.4. The van der Waals surface area contributed by atoms with Gasteiger partial charge in [0.15, 0.2) is 0 Å². The summed E-state index contributed by atoms with van der Waals surface area (Å²) in [6.45, 7) is 16.5. The van der Waals surface area contributed by atoms with Gasteiger partial charge in [-0.2, -0.15) is 0 Å². The summed E-state index contributed by atoms with van der Waals surface area (Å²) >= 11 is 0. The highest BCUT2D eigenvalue weighted by atomic mass is 19.1. The molecule has 17 heteroatoms. The minimum atomic E-state index is -1.13. The van der Waals surface area contributed by atoms with Crippen LogP contribution >= 0.6 is 0 Å². The third-order valence-electron chi connectivity index (χ3n) is 15.8. The summed E-state index contributed by atoms with van der Waals surface area (Å²) in [5.41, 5.74) is 3.42. The Balaban J connectivity index is 1.16. The highest BCUT2D eigenvalue weighted by molar-refractivity contribution is 5.97. The van der Waals surface area contributed by atoms with Crippen LogP contribution in [0.2, 0.25) is 0 Å². The number of carbonyl (C=O) groups is 7. The second-order valence-electron chi connectivity index (χ2n) is 23.4. The zero-order chi connectivity index (χ0) is 56.8. The van der Waals surface area contributed by atoms with Crippen molar-refractivity contribution in [3.63, 3.8) is 0 Å². The van der Waals surface area contributed by atoms with Crippen molar-refractivity contribution in [3.8, 4) is 0 Å². The minimum Gasteiger partial charge on any atom is -0.347 e. The molecule has 0 spiro atoms. The van der Waals surface area contributed by atoms with Crippen LogP contribution in [0.5, 0.6) is 0 Å². The molecule has 0 aromatic heterocycles. The number of fused-ring (bicyclic) bond motifs is 2. The molecule has 0 bridgehead atoms. The number of benzene rings is 4. The maximum Gasteiger partial charge on any atom is 0.251 e. The maximum absolute atomic E-state index is 15.8. The Hall–Kier alpha value is -6.98. The predicted molar refractivity (Wildman–Crippen MR) is 298 cm³/mol. The fourth-order valence-electron chi connectivity index (χ4n) is 10.9. The Morgan fingerprint density at radius 3 is 1.78 bits per heavy atom. The first kappa shape index (κ1) is 58.7. The molecule has 2 aliphatic heterocycles. The molecule has 1 fully saturated rings. The van der Waals surface area contributed by atoms with E-state index >= 15 is 9.18 Å². The lowest BCUT2D eigenvalue weighted by molar-refractivity contribution is -0.152. The molecule has 7 rings (SSSR count). The van der Waals surface area contributed by atoms with Gasteiger partial charge in [-0.25, -0.2) is 4.39 Å². The Bertz CT molecular complexity index is 2850. The fourth-order valence-corrected chi connectivity index (χ4v) is 10.9. The van der Waals surface area contributed by atoms with Crippen LogP contribution in [0.25, 0.3) is 0 Å². The van der Waals surface area contributed by atoms with E-state index in [1.807, 2.05) is 84.0 Å². The van der Waals surface area contributed by atoms with E-state index in [1.165, 1.54) is 16.5 Å². The largest absolute Gasteiger partial charge is 0.347 e. The van der Waals surface area contributed by atoms with Crippen LogP contribution < -0.4 is 31.9 Å². The normalized spacial score (nSPS) is 20.2. The van der Waals surface area contributed by atoms with E-state index in [9.17, 15) is 28.8 Å². The number of hydrogen-bond donors (Lipinski definition) is 6. The predicted octanol–water partition coefficient (Wildman–Crippen LogP) is 6.21. The number of carbonyl (C=O) groups excluding carboxylic acids is 7. The molecule has 4 aromatic rings. The molecule has 2 heterocycles. The lowest BCUT2D eigenvalue weighted by Gasteiger charge is -2.43. The van der Waals surface area contributed by atoms with Crippen molar-refractivity contribution in [1.29, 1.82) is 0 Å². The van der Waals surface area contributed by atoms with Crippen molar-refractivity contribution in [2.45, 2.75) is 155 Å². The van der Waals surface area contributed by atoms with E-state index in [0.717, 1.165) is 30.4 Å². The number of nitrogens with one attached hydrogen (secondary N) is 6. The van der Waals surface area contributed by atoms with Crippen molar-refractivity contribution in [3.05, 3.63) is 142 Å². The number of nitrogens with zero attached hydrogens (tertiary/aromatic N) is 3. The van der Waals surface area contributed by atoms with Gasteiger partial charge in [0.2, 0.25) is 29.5 Å². The first-order valence-electron chi connectivity index (χ1n) is 27.4. The zero-order valence-corrected chi connectivity index (χ0v) is 47.2. The van der Waals surface area contributed by atoms with Gasteiger partial charge in [0, 0.05) is 36.8 Å². The number of likely N-dealkylation sites (tertiary alicyclic amines) is 1. The molecule has 2 unspecified atom stereocenters. The summed E-state index contributed by atoms with van der Waals surface area (Å²) in [6, 6.07) is 21.5. The molecule has 418 valence electrons. The third kappa shape index (κ3) is 13.3. The second-order valence-corrected chi connectivity index (χ2v) is 23.4. The quantitative estimate of drug-likeness (QED) is 0.0711. The molecular weight excluding hydrogens is 990 g/mol. The van der Waals surface area contributed by atoms with Gasteiger partial charge in [-0.15, -0.1) is 0 Å². The highest BCUT2D eigenvalue weighted by Crippen LogP contribution is 2.38. The summed E-state index contributed by atoms with van der Waals surface area (Å²) in [5.74, 6) is -3.33. The van der Waals surface area contributed by atoms with E-state index < -0.39 is 88.6 Å². The Morgan fingerprint density at radius 2 is 1.21 bits per heavy atom. The summed E-state index contributed by atoms with van der Waals surface area (Å²) in [5, 5.41) is 18.0. The minimum absolute atomic E-state index is 0.0127. The summed E-state index contributed by atoms with van der Waals surface area (Å²) in [6.07, 6.45) is 3.12. The van der Waals surface area contributed by atoms with E-state index in [-0.39, 0.29) is 60.9 Å². The summed E-state index contributed by atoms with van der Waals surface area (Å²) in [7, 11) is 3.32. The lowest BCUT2D eigenvalue weighted by Crippen LogP contribution is -2.60. The Morgan fingerprint density at radius 1 is 0.667 bits per heavy atom. The molecule has 4 aromatic carbocycles. The molecule has 7 amide bonds. The van der Waals surface area contributed by atoms with Crippen molar-refractivity contribution in [1.82, 2.24) is 46.6 Å². The number of hydrogen-bond acceptors (Lipinski definition) is 9. The molecule has 9 atom stereocenters. The van der Waals surface area contributed by atoms with Crippen molar-refractivity contribution in [2.24, 2.45) is 10.8 Å². The summed E-state index contributed by atoms with van der Waals surface area (Å²) < 4.78 is 15.8. The van der Waals surface area contributed by atoms with E-state index in [0.29, 0.717) is 17.5 Å². The van der Waals surface area contributed by atoms with Crippen molar-refractivity contribution in [2.75, 3.05) is 27.2 Å².